The summed E-state index contributed by atoms with van der Waals surface area (Å²) in [6.45, 7) is 5.20. The molecular formula is C15H22ClNO2. The molecule has 1 aliphatic rings. The topological polar surface area (TPSA) is 43.7 Å². The monoisotopic (exact) mass is 283 g/mol. The van der Waals surface area contributed by atoms with Gasteiger partial charge in [0.25, 0.3) is 0 Å². The average molecular weight is 284 g/mol. The summed E-state index contributed by atoms with van der Waals surface area (Å²) >= 11 is 5.92. The highest BCUT2D eigenvalue weighted by molar-refractivity contribution is 6.32. The number of nitrogens with zero attached hydrogens (tertiary/aromatic N) is 1. The van der Waals surface area contributed by atoms with Crippen LogP contribution in [0.2, 0.25) is 5.02 Å². The average Bonchev–Trinajstić information content (AvgIpc) is 2.38. The number of rotatable bonds is 4. The Balaban J connectivity index is 2.01. The fourth-order valence-electron chi connectivity index (χ4n) is 2.80. The van der Waals surface area contributed by atoms with Crippen molar-refractivity contribution in [1.29, 1.82) is 0 Å². The van der Waals surface area contributed by atoms with Crippen molar-refractivity contribution < 1.29 is 10.2 Å². The molecule has 0 bridgehead atoms. The summed E-state index contributed by atoms with van der Waals surface area (Å²) in [4.78, 5) is 2.42. The summed E-state index contributed by atoms with van der Waals surface area (Å²) in [5.74, 6) is 0.364. The number of aliphatic hydroxyl groups excluding tert-OH is 1. The third kappa shape index (κ3) is 3.85. The third-order valence-corrected chi connectivity index (χ3v) is 4.13. The molecule has 0 amide bonds. The second kappa shape index (κ2) is 6.60. The van der Waals surface area contributed by atoms with Crippen molar-refractivity contribution in [2.75, 3.05) is 19.6 Å². The van der Waals surface area contributed by atoms with Gasteiger partial charge in [-0.3, -0.25) is 0 Å². The van der Waals surface area contributed by atoms with Crippen LogP contribution in [0.15, 0.2) is 18.2 Å². The Morgan fingerprint density at radius 1 is 1.42 bits per heavy atom. The summed E-state index contributed by atoms with van der Waals surface area (Å²) in [6.07, 6.45) is 2.56. The van der Waals surface area contributed by atoms with Gasteiger partial charge in [0.1, 0.15) is 5.75 Å². The van der Waals surface area contributed by atoms with Crippen molar-refractivity contribution in [3.05, 3.63) is 28.8 Å². The van der Waals surface area contributed by atoms with Crippen LogP contribution in [0.25, 0.3) is 0 Å². The van der Waals surface area contributed by atoms with Crippen molar-refractivity contribution in [3.8, 4) is 5.75 Å². The summed E-state index contributed by atoms with van der Waals surface area (Å²) < 4.78 is 0. The molecule has 106 valence electrons. The molecule has 2 N–H and O–H groups in total. The molecule has 1 aliphatic heterocycles. The van der Waals surface area contributed by atoms with E-state index in [1.807, 2.05) is 6.07 Å². The zero-order valence-electron chi connectivity index (χ0n) is 11.3. The lowest BCUT2D eigenvalue weighted by atomic mass is 9.88. The minimum Gasteiger partial charge on any atom is -0.506 e. The Morgan fingerprint density at radius 2 is 2.21 bits per heavy atom. The lowest BCUT2D eigenvalue weighted by Gasteiger charge is -2.36. The van der Waals surface area contributed by atoms with Gasteiger partial charge >= 0.3 is 0 Å². The van der Waals surface area contributed by atoms with E-state index in [-0.39, 0.29) is 17.8 Å². The summed E-state index contributed by atoms with van der Waals surface area (Å²) in [6, 6.07) is 5.30. The smallest absolute Gasteiger partial charge is 0.134 e. The second-order valence-corrected chi connectivity index (χ2v) is 5.81. The van der Waals surface area contributed by atoms with E-state index >= 15 is 0 Å². The number of phenols is 1. The maximum Gasteiger partial charge on any atom is 0.134 e. The fourth-order valence-corrected chi connectivity index (χ4v) is 3.00. The van der Waals surface area contributed by atoms with Crippen LogP contribution in [-0.2, 0) is 6.42 Å². The molecule has 4 heteroatoms. The van der Waals surface area contributed by atoms with Gasteiger partial charge in [0, 0.05) is 19.0 Å². The first kappa shape index (κ1) is 14.6. The molecular weight excluding hydrogens is 262 g/mol. The molecule has 1 heterocycles. The van der Waals surface area contributed by atoms with Crippen molar-refractivity contribution >= 4 is 11.6 Å². The largest absolute Gasteiger partial charge is 0.506 e. The highest BCUT2D eigenvalue weighted by atomic mass is 35.5. The van der Waals surface area contributed by atoms with Gasteiger partial charge in [0.2, 0.25) is 0 Å². The number of piperidine rings is 1. The van der Waals surface area contributed by atoms with E-state index in [2.05, 4.69) is 11.8 Å². The minimum atomic E-state index is -0.235. The molecule has 1 aromatic rings. The predicted molar refractivity (Wildman–Crippen MR) is 77.7 cm³/mol. The van der Waals surface area contributed by atoms with Crippen LogP contribution in [0.1, 0.15) is 25.3 Å². The summed E-state index contributed by atoms with van der Waals surface area (Å²) in [7, 11) is 0. The minimum absolute atomic E-state index is 0.113. The van der Waals surface area contributed by atoms with Gasteiger partial charge in [-0.2, -0.15) is 0 Å². The molecule has 2 unspecified atom stereocenters. The Labute approximate surface area is 119 Å². The zero-order chi connectivity index (χ0) is 13.8. The maximum atomic E-state index is 10.1. The van der Waals surface area contributed by atoms with E-state index in [1.54, 1.807) is 12.1 Å². The third-order valence-electron chi connectivity index (χ3n) is 3.83. The number of hydrogen-bond donors (Lipinski definition) is 2. The molecule has 1 fully saturated rings. The first-order valence-corrected chi connectivity index (χ1v) is 7.35. The Hall–Kier alpha value is -0.770. The van der Waals surface area contributed by atoms with Crippen molar-refractivity contribution in [2.24, 2.45) is 5.92 Å². The molecule has 0 saturated carbocycles. The van der Waals surface area contributed by atoms with Gasteiger partial charge in [0.15, 0.2) is 0 Å². The molecule has 2 atom stereocenters. The molecule has 3 nitrogen and oxygen atoms in total. The fraction of sp³-hybridized carbons (Fsp3) is 0.600. The van der Waals surface area contributed by atoms with E-state index < -0.39 is 0 Å². The van der Waals surface area contributed by atoms with Gasteiger partial charge < -0.3 is 15.1 Å². The van der Waals surface area contributed by atoms with Gasteiger partial charge in [-0.15, -0.1) is 0 Å². The SMILES string of the molecule is CCCN1CCC(O)C(Cc2ccc(O)c(Cl)c2)C1. The van der Waals surface area contributed by atoms with E-state index in [9.17, 15) is 10.2 Å². The van der Waals surface area contributed by atoms with Crippen molar-refractivity contribution in [1.82, 2.24) is 4.90 Å². The summed E-state index contributed by atoms with van der Waals surface area (Å²) in [5.41, 5.74) is 1.07. The van der Waals surface area contributed by atoms with Crippen LogP contribution in [0.3, 0.4) is 0 Å². The van der Waals surface area contributed by atoms with Crippen LogP contribution in [-0.4, -0.2) is 40.9 Å². The molecule has 0 spiro atoms. The number of aliphatic hydroxyl groups is 1. The zero-order valence-corrected chi connectivity index (χ0v) is 12.1. The van der Waals surface area contributed by atoms with Gasteiger partial charge in [-0.25, -0.2) is 0 Å². The molecule has 1 saturated heterocycles. The first-order valence-electron chi connectivity index (χ1n) is 6.98. The predicted octanol–water partition coefficient (Wildman–Crippen LogP) is 2.68. The normalized spacial score (nSPS) is 24.6. The first-order chi connectivity index (χ1) is 9.10. The Morgan fingerprint density at radius 3 is 2.89 bits per heavy atom. The number of halogens is 1. The molecule has 1 aromatic carbocycles. The standard InChI is InChI=1S/C15H22ClNO2/c1-2-6-17-7-5-14(18)12(10-17)8-11-3-4-15(19)13(16)9-11/h3-4,9,12,14,18-19H,2,5-8,10H2,1H3. The van der Waals surface area contributed by atoms with Crippen LogP contribution in [0.5, 0.6) is 5.75 Å². The molecule has 0 aromatic heterocycles. The van der Waals surface area contributed by atoms with E-state index in [0.717, 1.165) is 44.5 Å². The lowest BCUT2D eigenvalue weighted by molar-refractivity contribution is 0.0270. The van der Waals surface area contributed by atoms with E-state index in [0.29, 0.717) is 5.02 Å². The number of likely N-dealkylation sites (tertiary alicyclic amines) is 1. The second-order valence-electron chi connectivity index (χ2n) is 5.41. The van der Waals surface area contributed by atoms with Crippen LogP contribution in [0.4, 0.5) is 0 Å². The number of hydrogen-bond acceptors (Lipinski definition) is 3. The van der Waals surface area contributed by atoms with Gasteiger partial charge in [-0.1, -0.05) is 24.6 Å². The summed E-state index contributed by atoms with van der Waals surface area (Å²) in [5, 5.41) is 19.9. The van der Waals surface area contributed by atoms with Crippen molar-refractivity contribution in [2.45, 2.75) is 32.3 Å². The number of aromatic hydroxyl groups is 1. The highest BCUT2D eigenvalue weighted by Gasteiger charge is 2.27. The van der Waals surface area contributed by atoms with Crippen LogP contribution < -0.4 is 0 Å². The maximum absolute atomic E-state index is 10.1. The lowest BCUT2D eigenvalue weighted by Crippen LogP contribution is -2.44. The molecule has 0 aliphatic carbocycles. The number of phenolic OH excluding ortho intramolecular Hbond substituents is 1. The molecule has 2 rings (SSSR count). The van der Waals surface area contributed by atoms with Crippen molar-refractivity contribution in [3.63, 3.8) is 0 Å². The van der Waals surface area contributed by atoms with Gasteiger partial charge in [0.05, 0.1) is 11.1 Å². The Bertz CT molecular complexity index is 425. The quantitative estimate of drug-likeness (QED) is 0.893. The molecule has 19 heavy (non-hydrogen) atoms. The van der Waals surface area contributed by atoms with Crippen LogP contribution >= 0.6 is 11.6 Å². The Kier molecular flexibility index (Phi) is 5.08. The highest BCUT2D eigenvalue weighted by Crippen LogP contribution is 2.27. The number of benzene rings is 1. The van der Waals surface area contributed by atoms with Crippen LogP contribution in [0, 0.1) is 5.92 Å². The van der Waals surface area contributed by atoms with E-state index in [1.165, 1.54) is 0 Å². The van der Waals surface area contributed by atoms with Gasteiger partial charge in [-0.05, 0) is 43.5 Å². The molecule has 0 radical (unpaired) electrons. The van der Waals surface area contributed by atoms with E-state index in [4.69, 9.17) is 11.6 Å².